The average Bonchev–Trinajstić information content (AvgIpc) is 2.41. The molecular weight excluding hydrogens is 244 g/mol. The monoisotopic (exact) mass is 270 g/mol. The fraction of sp³-hybridized carbons (Fsp3) is 0.857. The topological polar surface area (TPSA) is 58.6 Å². The molecule has 0 aromatic rings. The highest BCUT2D eigenvalue weighted by atomic mass is 16.5. The van der Waals surface area contributed by atoms with Gasteiger partial charge in [-0.2, -0.15) is 0 Å². The molecule has 1 aliphatic heterocycles. The summed E-state index contributed by atoms with van der Waals surface area (Å²) in [5.41, 5.74) is -0.708. The van der Waals surface area contributed by atoms with Crippen molar-refractivity contribution in [1.29, 1.82) is 0 Å². The molecule has 0 bridgehead atoms. The standard InChI is InChI=1S/C14H26N2O3/c1-5-8-11-12(17)16(9-10-19-4)14(6-2,7-3)13(18)15-11/h11H,5-10H2,1-4H3,(H,15,18). The van der Waals surface area contributed by atoms with Crippen molar-refractivity contribution in [3.63, 3.8) is 0 Å². The van der Waals surface area contributed by atoms with Crippen molar-refractivity contribution in [2.24, 2.45) is 0 Å². The highest BCUT2D eigenvalue weighted by Crippen LogP contribution is 2.29. The van der Waals surface area contributed by atoms with Gasteiger partial charge in [0.2, 0.25) is 11.8 Å². The molecule has 5 nitrogen and oxygen atoms in total. The van der Waals surface area contributed by atoms with Crippen molar-refractivity contribution < 1.29 is 14.3 Å². The number of hydrogen-bond acceptors (Lipinski definition) is 3. The molecule has 0 saturated carbocycles. The number of piperazine rings is 1. The highest BCUT2D eigenvalue weighted by Gasteiger charge is 2.49. The minimum absolute atomic E-state index is 0.0216. The molecule has 2 amide bonds. The summed E-state index contributed by atoms with van der Waals surface area (Å²) >= 11 is 0. The van der Waals surface area contributed by atoms with E-state index in [4.69, 9.17) is 4.74 Å². The van der Waals surface area contributed by atoms with Gasteiger partial charge in [0.25, 0.3) is 0 Å². The highest BCUT2D eigenvalue weighted by molar-refractivity contribution is 5.99. The fourth-order valence-corrected chi connectivity index (χ4v) is 2.82. The van der Waals surface area contributed by atoms with E-state index in [2.05, 4.69) is 5.32 Å². The van der Waals surface area contributed by atoms with Crippen LogP contribution in [-0.4, -0.2) is 48.6 Å². The number of nitrogens with zero attached hydrogens (tertiary/aromatic N) is 1. The quantitative estimate of drug-likeness (QED) is 0.759. The van der Waals surface area contributed by atoms with E-state index in [0.29, 0.717) is 32.4 Å². The van der Waals surface area contributed by atoms with Crippen molar-refractivity contribution >= 4 is 11.8 Å². The van der Waals surface area contributed by atoms with Gasteiger partial charge in [-0.15, -0.1) is 0 Å². The zero-order valence-electron chi connectivity index (χ0n) is 12.5. The third-order valence-electron chi connectivity index (χ3n) is 4.07. The van der Waals surface area contributed by atoms with Crippen LogP contribution < -0.4 is 5.32 Å². The molecule has 0 aromatic heterocycles. The van der Waals surface area contributed by atoms with Crippen LogP contribution in [0.4, 0.5) is 0 Å². The fourth-order valence-electron chi connectivity index (χ4n) is 2.82. The van der Waals surface area contributed by atoms with Crippen molar-refractivity contribution in [2.45, 2.75) is 58.0 Å². The molecule has 1 unspecified atom stereocenters. The van der Waals surface area contributed by atoms with Gasteiger partial charge in [-0.1, -0.05) is 27.2 Å². The third kappa shape index (κ3) is 2.91. The first-order valence-electron chi connectivity index (χ1n) is 7.18. The van der Waals surface area contributed by atoms with E-state index >= 15 is 0 Å². The zero-order chi connectivity index (χ0) is 14.5. The Morgan fingerprint density at radius 2 is 1.89 bits per heavy atom. The van der Waals surface area contributed by atoms with Crippen LogP contribution >= 0.6 is 0 Å². The second-order valence-corrected chi connectivity index (χ2v) is 5.04. The Morgan fingerprint density at radius 1 is 1.26 bits per heavy atom. The molecule has 1 N–H and O–H groups in total. The smallest absolute Gasteiger partial charge is 0.246 e. The number of nitrogens with one attached hydrogen (secondary N) is 1. The number of carbonyl (C=O) groups is 2. The summed E-state index contributed by atoms with van der Waals surface area (Å²) in [4.78, 5) is 26.7. The lowest BCUT2D eigenvalue weighted by Gasteiger charge is -2.47. The van der Waals surface area contributed by atoms with Crippen LogP contribution in [0.1, 0.15) is 46.5 Å². The second-order valence-electron chi connectivity index (χ2n) is 5.04. The predicted octanol–water partition coefficient (Wildman–Crippen LogP) is 1.32. The van der Waals surface area contributed by atoms with E-state index < -0.39 is 5.54 Å². The molecule has 1 rings (SSSR count). The molecule has 1 fully saturated rings. The summed E-state index contributed by atoms with van der Waals surface area (Å²) in [6.07, 6.45) is 2.82. The predicted molar refractivity (Wildman–Crippen MR) is 73.7 cm³/mol. The molecule has 0 spiro atoms. The Labute approximate surface area is 115 Å². The maximum atomic E-state index is 12.6. The maximum absolute atomic E-state index is 12.6. The van der Waals surface area contributed by atoms with Gasteiger partial charge in [-0.3, -0.25) is 9.59 Å². The first-order valence-corrected chi connectivity index (χ1v) is 7.18. The van der Waals surface area contributed by atoms with Gasteiger partial charge in [0.05, 0.1) is 6.61 Å². The molecule has 5 heteroatoms. The van der Waals surface area contributed by atoms with Gasteiger partial charge >= 0.3 is 0 Å². The molecule has 110 valence electrons. The Bertz CT molecular complexity index is 327. The lowest BCUT2D eigenvalue weighted by molar-refractivity contribution is -0.159. The van der Waals surface area contributed by atoms with Gasteiger partial charge in [-0.25, -0.2) is 0 Å². The minimum atomic E-state index is -0.708. The van der Waals surface area contributed by atoms with E-state index in [1.807, 2.05) is 20.8 Å². The second kappa shape index (κ2) is 6.89. The lowest BCUT2D eigenvalue weighted by atomic mass is 9.85. The van der Waals surface area contributed by atoms with Gasteiger partial charge in [-0.05, 0) is 19.3 Å². The van der Waals surface area contributed by atoms with E-state index in [0.717, 1.165) is 6.42 Å². The molecule has 19 heavy (non-hydrogen) atoms. The van der Waals surface area contributed by atoms with Crippen molar-refractivity contribution in [1.82, 2.24) is 10.2 Å². The van der Waals surface area contributed by atoms with Gasteiger partial charge < -0.3 is 15.0 Å². The van der Waals surface area contributed by atoms with Crippen LogP contribution in [0.15, 0.2) is 0 Å². The van der Waals surface area contributed by atoms with E-state index in [1.54, 1.807) is 12.0 Å². The third-order valence-corrected chi connectivity index (χ3v) is 4.07. The van der Waals surface area contributed by atoms with Crippen molar-refractivity contribution in [2.75, 3.05) is 20.3 Å². The van der Waals surface area contributed by atoms with Gasteiger partial charge in [0, 0.05) is 13.7 Å². The minimum Gasteiger partial charge on any atom is -0.383 e. The number of carbonyl (C=O) groups excluding carboxylic acids is 2. The number of rotatable bonds is 7. The SMILES string of the molecule is CCCC1NC(=O)C(CC)(CC)N(CCOC)C1=O. The summed E-state index contributed by atoms with van der Waals surface area (Å²) < 4.78 is 5.08. The molecule has 0 radical (unpaired) electrons. The molecule has 1 aliphatic rings. The Kier molecular flexibility index (Phi) is 5.79. The summed E-state index contributed by atoms with van der Waals surface area (Å²) in [5, 5.41) is 2.90. The number of methoxy groups -OCH3 is 1. The number of hydrogen-bond donors (Lipinski definition) is 1. The lowest BCUT2D eigenvalue weighted by Crippen LogP contribution is -2.70. The van der Waals surface area contributed by atoms with Gasteiger partial charge in [0.15, 0.2) is 0 Å². The largest absolute Gasteiger partial charge is 0.383 e. The molecule has 0 aliphatic carbocycles. The Morgan fingerprint density at radius 3 is 2.37 bits per heavy atom. The number of amides is 2. The summed E-state index contributed by atoms with van der Waals surface area (Å²) in [5.74, 6) is 0.00820. The van der Waals surface area contributed by atoms with Crippen LogP contribution in [0, 0.1) is 0 Å². The van der Waals surface area contributed by atoms with E-state index in [9.17, 15) is 9.59 Å². The average molecular weight is 270 g/mol. The first kappa shape index (κ1) is 16.0. The van der Waals surface area contributed by atoms with E-state index in [1.165, 1.54) is 0 Å². The summed E-state index contributed by atoms with van der Waals surface area (Å²) in [6, 6.07) is -0.374. The van der Waals surface area contributed by atoms with Crippen LogP contribution in [0.5, 0.6) is 0 Å². The summed E-state index contributed by atoms with van der Waals surface area (Å²) in [7, 11) is 1.61. The van der Waals surface area contributed by atoms with Crippen LogP contribution in [-0.2, 0) is 14.3 Å². The van der Waals surface area contributed by atoms with Crippen LogP contribution in [0.3, 0.4) is 0 Å². The Balaban J connectivity index is 3.03. The Hall–Kier alpha value is -1.10. The molecule has 0 aromatic carbocycles. The number of ether oxygens (including phenoxy) is 1. The molecule has 1 saturated heterocycles. The van der Waals surface area contributed by atoms with Crippen LogP contribution in [0.2, 0.25) is 0 Å². The normalized spacial score (nSPS) is 22.5. The first-order chi connectivity index (χ1) is 9.07. The van der Waals surface area contributed by atoms with Crippen LogP contribution in [0.25, 0.3) is 0 Å². The summed E-state index contributed by atoms with van der Waals surface area (Å²) in [6.45, 7) is 6.86. The molecule has 1 atom stereocenters. The van der Waals surface area contributed by atoms with Crippen molar-refractivity contribution in [3.05, 3.63) is 0 Å². The van der Waals surface area contributed by atoms with Crippen molar-refractivity contribution in [3.8, 4) is 0 Å². The van der Waals surface area contributed by atoms with Gasteiger partial charge in [0.1, 0.15) is 11.6 Å². The molecular formula is C14H26N2O3. The maximum Gasteiger partial charge on any atom is 0.246 e. The molecule has 1 heterocycles. The zero-order valence-corrected chi connectivity index (χ0v) is 12.5. The van der Waals surface area contributed by atoms with E-state index in [-0.39, 0.29) is 17.9 Å².